The van der Waals surface area contributed by atoms with Gasteiger partial charge in [0.2, 0.25) is 0 Å². The predicted molar refractivity (Wildman–Crippen MR) is 101 cm³/mol. The van der Waals surface area contributed by atoms with Crippen LogP contribution in [0.2, 0.25) is 5.02 Å². The van der Waals surface area contributed by atoms with E-state index in [1.807, 2.05) is 18.2 Å². The Balaban J connectivity index is 2.05. The van der Waals surface area contributed by atoms with Gasteiger partial charge in [-0.1, -0.05) is 11.6 Å². The van der Waals surface area contributed by atoms with E-state index < -0.39 is 5.97 Å². The molecule has 25 heavy (non-hydrogen) atoms. The van der Waals surface area contributed by atoms with E-state index in [0.717, 1.165) is 30.7 Å². The van der Waals surface area contributed by atoms with E-state index in [-0.39, 0.29) is 12.0 Å². The molecule has 1 fully saturated rings. The highest BCUT2D eigenvalue weighted by Gasteiger charge is 2.33. The van der Waals surface area contributed by atoms with Crippen molar-refractivity contribution in [2.75, 3.05) is 20.2 Å². The molecule has 0 amide bonds. The van der Waals surface area contributed by atoms with Gasteiger partial charge in [-0.05, 0) is 56.6 Å². The molecule has 0 radical (unpaired) electrons. The van der Waals surface area contributed by atoms with Gasteiger partial charge in [0, 0.05) is 26.9 Å². The Bertz CT molecular complexity index is 761. The summed E-state index contributed by atoms with van der Waals surface area (Å²) in [6, 6.07) is 9.80. The fraction of sp³-hybridized carbons (Fsp3) is 0.421. The van der Waals surface area contributed by atoms with Crippen molar-refractivity contribution < 1.29 is 14.6 Å². The van der Waals surface area contributed by atoms with Gasteiger partial charge < -0.3 is 9.84 Å². The van der Waals surface area contributed by atoms with Crippen LogP contribution in [0.15, 0.2) is 30.3 Å². The van der Waals surface area contributed by atoms with Crippen molar-refractivity contribution in [3.63, 3.8) is 0 Å². The number of aryl methyl sites for hydroxylation is 1. The fourth-order valence-electron chi connectivity index (χ4n) is 3.49. The van der Waals surface area contributed by atoms with Gasteiger partial charge in [0.25, 0.3) is 0 Å². The summed E-state index contributed by atoms with van der Waals surface area (Å²) < 4.78 is 5.58. The van der Waals surface area contributed by atoms with Gasteiger partial charge in [0.05, 0.1) is 19.1 Å². The lowest BCUT2D eigenvalue weighted by atomic mass is 9.94. The highest BCUT2D eigenvalue weighted by Crippen LogP contribution is 2.40. The molecule has 134 valence electrons. The van der Waals surface area contributed by atoms with Crippen LogP contribution in [-0.4, -0.2) is 36.2 Å². The summed E-state index contributed by atoms with van der Waals surface area (Å²) in [4.78, 5) is 16.2. The van der Waals surface area contributed by atoms with Crippen LogP contribution < -0.4 is 4.74 Å². The minimum atomic E-state index is -0.719. The van der Waals surface area contributed by atoms with Crippen LogP contribution in [0.4, 0.5) is 0 Å². The van der Waals surface area contributed by atoms with Gasteiger partial charge in [-0.25, -0.2) is 0 Å². The number of methoxy groups -OCH3 is 1. The van der Waals surface area contributed by atoms with Crippen molar-refractivity contribution in [1.29, 1.82) is 0 Å². The van der Waals surface area contributed by atoms with Crippen molar-refractivity contribution in [2.24, 2.45) is 5.92 Å². The number of aliphatic carboxylic acids is 1. The Hall–Kier alpha value is -1.56. The van der Waals surface area contributed by atoms with Crippen LogP contribution in [0.1, 0.15) is 34.2 Å². The lowest BCUT2D eigenvalue weighted by molar-refractivity contribution is -0.143. The maximum absolute atomic E-state index is 11.5. The number of carboxylic acid groups (broad SMARTS) is 1. The van der Waals surface area contributed by atoms with Crippen molar-refractivity contribution in [3.8, 4) is 5.75 Å². The maximum Gasteiger partial charge on any atom is 0.307 e. The summed E-state index contributed by atoms with van der Waals surface area (Å²) in [7, 11) is 1.65. The van der Waals surface area contributed by atoms with Crippen LogP contribution in [0.25, 0.3) is 0 Å². The summed E-state index contributed by atoms with van der Waals surface area (Å²) >= 11 is 8.00. The van der Waals surface area contributed by atoms with E-state index in [9.17, 15) is 9.90 Å². The smallest absolute Gasteiger partial charge is 0.307 e. The SMILES string of the molecule is COc1ccc(Cl)cc1C(c1ccc(C)s1)N1CCCC(C(=O)O)C1. The van der Waals surface area contributed by atoms with E-state index in [4.69, 9.17) is 16.3 Å². The average Bonchev–Trinajstić information content (AvgIpc) is 3.01. The Morgan fingerprint density at radius 3 is 2.84 bits per heavy atom. The largest absolute Gasteiger partial charge is 0.496 e. The lowest BCUT2D eigenvalue weighted by Crippen LogP contribution is -2.41. The number of carboxylic acids is 1. The molecule has 0 aliphatic carbocycles. The number of carbonyl (C=O) groups is 1. The molecule has 0 spiro atoms. The van der Waals surface area contributed by atoms with Gasteiger partial charge in [-0.15, -0.1) is 11.3 Å². The second kappa shape index (κ2) is 7.77. The normalized spacial score (nSPS) is 19.6. The lowest BCUT2D eigenvalue weighted by Gasteiger charge is -2.37. The minimum absolute atomic E-state index is 0.0468. The summed E-state index contributed by atoms with van der Waals surface area (Å²) in [5, 5.41) is 10.1. The summed E-state index contributed by atoms with van der Waals surface area (Å²) in [5.74, 6) is -0.274. The molecule has 1 saturated heterocycles. The Morgan fingerprint density at radius 1 is 1.40 bits per heavy atom. The van der Waals surface area contributed by atoms with Gasteiger partial charge in [0.15, 0.2) is 0 Å². The zero-order valence-corrected chi connectivity index (χ0v) is 15.9. The van der Waals surface area contributed by atoms with Crippen molar-refractivity contribution in [2.45, 2.75) is 25.8 Å². The molecule has 2 atom stereocenters. The molecule has 0 saturated carbocycles. The quantitative estimate of drug-likeness (QED) is 0.824. The number of rotatable bonds is 5. The number of thiophene rings is 1. The zero-order chi connectivity index (χ0) is 18.0. The number of halogens is 1. The molecule has 4 nitrogen and oxygen atoms in total. The van der Waals surface area contributed by atoms with Gasteiger partial charge in [-0.3, -0.25) is 9.69 Å². The van der Waals surface area contributed by atoms with Crippen LogP contribution in [0, 0.1) is 12.8 Å². The van der Waals surface area contributed by atoms with Crippen LogP contribution >= 0.6 is 22.9 Å². The number of nitrogens with zero attached hydrogens (tertiary/aromatic N) is 1. The number of ether oxygens (including phenoxy) is 1. The number of piperidine rings is 1. The molecule has 2 heterocycles. The molecular formula is C19H22ClNO3S. The number of likely N-dealkylation sites (tertiary alicyclic amines) is 1. The van der Waals surface area contributed by atoms with E-state index in [0.29, 0.717) is 11.6 Å². The Labute approximate surface area is 157 Å². The van der Waals surface area contributed by atoms with Crippen molar-refractivity contribution in [1.82, 2.24) is 4.90 Å². The van der Waals surface area contributed by atoms with Gasteiger partial charge in [-0.2, -0.15) is 0 Å². The van der Waals surface area contributed by atoms with E-state index >= 15 is 0 Å². The van der Waals surface area contributed by atoms with Gasteiger partial charge >= 0.3 is 5.97 Å². The first-order valence-corrected chi connectivity index (χ1v) is 9.55. The second-order valence-electron chi connectivity index (χ2n) is 6.41. The molecule has 2 unspecified atom stereocenters. The third-order valence-corrected chi connectivity index (χ3v) is 5.97. The molecule has 1 aromatic carbocycles. The van der Waals surface area contributed by atoms with E-state index in [1.54, 1.807) is 18.4 Å². The van der Waals surface area contributed by atoms with Crippen LogP contribution in [0.3, 0.4) is 0 Å². The Kier molecular flexibility index (Phi) is 5.67. The van der Waals surface area contributed by atoms with E-state index in [2.05, 4.69) is 24.0 Å². The first kappa shape index (κ1) is 18.2. The summed E-state index contributed by atoms with van der Waals surface area (Å²) in [6.45, 7) is 3.48. The monoisotopic (exact) mass is 379 g/mol. The Morgan fingerprint density at radius 2 is 2.20 bits per heavy atom. The molecule has 0 bridgehead atoms. The molecule has 3 rings (SSSR count). The fourth-order valence-corrected chi connectivity index (χ4v) is 4.70. The summed E-state index contributed by atoms with van der Waals surface area (Å²) in [6.07, 6.45) is 1.61. The molecule has 6 heteroatoms. The van der Waals surface area contributed by atoms with Crippen LogP contribution in [0.5, 0.6) is 5.75 Å². The van der Waals surface area contributed by atoms with Crippen LogP contribution in [-0.2, 0) is 4.79 Å². The number of hydrogen-bond acceptors (Lipinski definition) is 4. The van der Waals surface area contributed by atoms with Gasteiger partial charge in [0.1, 0.15) is 5.75 Å². The van der Waals surface area contributed by atoms with Crippen molar-refractivity contribution in [3.05, 3.63) is 50.7 Å². The molecule has 1 aliphatic heterocycles. The predicted octanol–water partition coefficient (Wildman–Crippen LogP) is 4.60. The average molecular weight is 380 g/mol. The maximum atomic E-state index is 11.5. The summed E-state index contributed by atoms with van der Waals surface area (Å²) in [5.41, 5.74) is 0.989. The molecule has 1 N–H and O–H groups in total. The third-order valence-electron chi connectivity index (χ3n) is 4.68. The highest BCUT2D eigenvalue weighted by atomic mass is 35.5. The zero-order valence-electron chi connectivity index (χ0n) is 14.4. The molecule has 2 aromatic rings. The first-order chi connectivity index (χ1) is 12.0. The topological polar surface area (TPSA) is 49.8 Å². The standard InChI is InChI=1S/C19H22ClNO3S/c1-12-5-8-17(25-12)18(15-10-14(20)6-7-16(15)24-2)21-9-3-4-13(11-21)19(22)23/h5-8,10,13,18H,3-4,9,11H2,1-2H3,(H,22,23). The number of benzene rings is 1. The molecule has 1 aromatic heterocycles. The third kappa shape index (κ3) is 4.00. The molecule has 1 aliphatic rings. The van der Waals surface area contributed by atoms with Crippen molar-refractivity contribution >= 4 is 28.9 Å². The van der Waals surface area contributed by atoms with E-state index in [1.165, 1.54) is 9.75 Å². The second-order valence-corrected chi connectivity index (χ2v) is 8.17. The highest BCUT2D eigenvalue weighted by molar-refractivity contribution is 7.12. The molecular weight excluding hydrogens is 358 g/mol. The minimum Gasteiger partial charge on any atom is -0.496 e. The first-order valence-electron chi connectivity index (χ1n) is 8.36. The number of hydrogen-bond donors (Lipinski definition) is 1.